The smallest absolute Gasteiger partial charge is 0.238 e. The van der Waals surface area contributed by atoms with Crippen LogP contribution in [0.5, 0.6) is 0 Å². The first kappa shape index (κ1) is 13.1. The third kappa shape index (κ3) is 2.06. The summed E-state index contributed by atoms with van der Waals surface area (Å²) < 4.78 is 0. The third-order valence-electron chi connectivity index (χ3n) is 4.06. The lowest BCUT2D eigenvalue weighted by Crippen LogP contribution is -2.31. The Morgan fingerprint density at radius 2 is 1.80 bits per heavy atom. The van der Waals surface area contributed by atoms with Crippen molar-refractivity contribution in [1.82, 2.24) is 5.32 Å². The van der Waals surface area contributed by atoms with Crippen molar-refractivity contribution in [3.63, 3.8) is 0 Å². The fourth-order valence-corrected chi connectivity index (χ4v) is 3.06. The average molecular weight is 270 g/mol. The number of nitrogens with one attached hydrogen (secondary N) is 1. The molecule has 4 nitrogen and oxygen atoms in total. The van der Waals surface area contributed by atoms with Crippen molar-refractivity contribution in [2.24, 2.45) is 11.8 Å². The number of amides is 2. The van der Waals surface area contributed by atoms with Crippen LogP contribution < -0.4 is 10.2 Å². The number of fused-ring (bicyclic) bond motifs is 1. The lowest BCUT2D eigenvalue weighted by atomic mass is 9.85. The van der Waals surface area contributed by atoms with E-state index in [9.17, 15) is 9.59 Å². The highest BCUT2D eigenvalue weighted by molar-refractivity contribution is 6.22. The number of hydrogen-bond donors (Lipinski definition) is 1. The quantitative estimate of drug-likeness (QED) is 0.673. The van der Waals surface area contributed by atoms with E-state index in [1.54, 1.807) is 0 Å². The molecule has 1 heterocycles. The zero-order valence-corrected chi connectivity index (χ0v) is 11.5. The van der Waals surface area contributed by atoms with Crippen LogP contribution in [0.2, 0.25) is 0 Å². The first-order valence-electron chi connectivity index (χ1n) is 6.98. The van der Waals surface area contributed by atoms with E-state index >= 15 is 0 Å². The molecule has 2 atom stereocenters. The van der Waals surface area contributed by atoms with Gasteiger partial charge >= 0.3 is 0 Å². The van der Waals surface area contributed by atoms with Crippen molar-refractivity contribution in [2.75, 3.05) is 11.9 Å². The van der Waals surface area contributed by atoms with Crippen molar-refractivity contribution < 1.29 is 9.59 Å². The average Bonchev–Trinajstić information content (AvgIpc) is 2.72. The predicted molar refractivity (Wildman–Crippen MR) is 77.1 cm³/mol. The predicted octanol–water partition coefficient (Wildman–Crippen LogP) is 1.86. The van der Waals surface area contributed by atoms with Gasteiger partial charge in [-0.2, -0.15) is 0 Å². The molecule has 104 valence electrons. The largest absolute Gasteiger partial charge is 0.316 e. The second-order valence-corrected chi connectivity index (χ2v) is 5.37. The molecule has 0 aromatic heterocycles. The molecule has 0 bridgehead atoms. The Labute approximate surface area is 118 Å². The third-order valence-corrected chi connectivity index (χ3v) is 4.06. The van der Waals surface area contributed by atoms with E-state index in [1.807, 2.05) is 43.5 Å². The highest BCUT2D eigenvalue weighted by atomic mass is 16.2. The number of allylic oxidation sites excluding steroid dienone is 2. The Morgan fingerprint density at radius 1 is 1.15 bits per heavy atom. The second-order valence-electron chi connectivity index (χ2n) is 5.37. The van der Waals surface area contributed by atoms with Crippen LogP contribution in [-0.2, 0) is 16.1 Å². The maximum atomic E-state index is 12.5. The van der Waals surface area contributed by atoms with E-state index in [0.717, 1.165) is 12.1 Å². The van der Waals surface area contributed by atoms with Crippen molar-refractivity contribution in [1.29, 1.82) is 0 Å². The van der Waals surface area contributed by atoms with E-state index < -0.39 is 0 Å². The summed E-state index contributed by atoms with van der Waals surface area (Å²) in [5.41, 5.74) is 1.76. The van der Waals surface area contributed by atoms with E-state index in [0.29, 0.717) is 18.5 Å². The number of nitrogens with zero attached hydrogens (tertiary/aromatic N) is 1. The summed E-state index contributed by atoms with van der Waals surface area (Å²) >= 11 is 0. The standard InChI is InChI=1S/C16H18N2O2/c1-17-10-11-5-4-6-12(9-11)18-15(19)13-7-2-3-8-14(13)16(18)20/h2-6,9,13-14,17H,7-8,10H2,1H3/t13-,14+. The van der Waals surface area contributed by atoms with Gasteiger partial charge < -0.3 is 5.32 Å². The minimum absolute atomic E-state index is 0.0500. The molecule has 2 amide bonds. The summed E-state index contributed by atoms with van der Waals surface area (Å²) in [4.78, 5) is 26.3. The molecule has 0 unspecified atom stereocenters. The molecule has 2 aliphatic rings. The second kappa shape index (κ2) is 5.21. The van der Waals surface area contributed by atoms with Gasteiger partial charge in [-0.15, -0.1) is 0 Å². The Bertz CT molecular complexity index is 554. The summed E-state index contributed by atoms with van der Waals surface area (Å²) in [6.45, 7) is 0.721. The summed E-state index contributed by atoms with van der Waals surface area (Å²) in [6.07, 6.45) is 5.38. The molecule has 3 rings (SSSR count). The molecule has 1 aromatic carbocycles. The van der Waals surface area contributed by atoms with Crippen LogP contribution >= 0.6 is 0 Å². The van der Waals surface area contributed by atoms with E-state index in [2.05, 4.69) is 5.32 Å². The van der Waals surface area contributed by atoms with Crippen molar-refractivity contribution in [3.05, 3.63) is 42.0 Å². The summed E-state index contributed by atoms with van der Waals surface area (Å²) in [5.74, 6) is -0.433. The van der Waals surface area contributed by atoms with Gasteiger partial charge in [0.2, 0.25) is 11.8 Å². The molecule has 1 saturated heterocycles. The first-order valence-corrected chi connectivity index (χ1v) is 6.98. The van der Waals surface area contributed by atoms with Crippen LogP contribution in [-0.4, -0.2) is 18.9 Å². The van der Waals surface area contributed by atoms with Crippen LogP contribution in [0.1, 0.15) is 18.4 Å². The minimum Gasteiger partial charge on any atom is -0.316 e. The molecule has 0 spiro atoms. The number of hydrogen-bond acceptors (Lipinski definition) is 3. The van der Waals surface area contributed by atoms with Gasteiger partial charge in [-0.1, -0.05) is 24.3 Å². The van der Waals surface area contributed by atoms with Gasteiger partial charge in [0, 0.05) is 6.54 Å². The van der Waals surface area contributed by atoms with Crippen molar-refractivity contribution in [3.8, 4) is 0 Å². The number of anilines is 1. The molecule has 0 radical (unpaired) electrons. The van der Waals surface area contributed by atoms with Crippen molar-refractivity contribution in [2.45, 2.75) is 19.4 Å². The monoisotopic (exact) mass is 270 g/mol. The molecule has 1 aliphatic carbocycles. The van der Waals surface area contributed by atoms with Crippen LogP contribution in [0.25, 0.3) is 0 Å². The van der Waals surface area contributed by atoms with Gasteiger partial charge in [0.1, 0.15) is 0 Å². The fraction of sp³-hybridized carbons (Fsp3) is 0.375. The van der Waals surface area contributed by atoms with Crippen LogP contribution in [0, 0.1) is 11.8 Å². The molecule has 0 saturated carbocycles. The number of benzene rings is 1. The van der Waals surface area contributed by atoms with E-state index in [1.165, 1.54) is 4.90 Å². The van der Waals surface area contributed by atoms with Crippen LogP contribution in [0.3, 0.4) is 0 Å². The van der Waals surface area contributed by atoms with Gasteiger partial charge in [-0.25, -0.2) is 0 Å². The molecule has 1 N–H and O–H groups in total. The van der Waals surface area contributed by atoms with Gasteiger partial charge in [-0.3, -0.25) is 14.5 Å². The summed E-state index contributed by atoms with van der Waals surface area (Å²) in [6, 6.07) is 7.62. The molecule has 1 fully saturated rings. The minimum atomic E-state index is -0.166. The van der Waals surface area contributed by atoms with Gasteiger partial charge in [0.05, 0.1) is 17.5 Å². The van der Waals surface area contributed by atoms with Gasteiger partial charge in [-0.05, 0) is 37.6 Å². The van der Waals surface area contributed by atoms with E-state index in [-0.39, 0.29) is 23.7 Å². The number of rotatable bonds is 3. The van der Waals surface area contributed by atoms with Gasteiger partial charge in [0.25, 0.3) is 0 Å². The fourth-order valence-electron chi connectivity index (χ4n) is 3.06. The maximum Gasteiger partial charge on any atom is 0.238 e. The highest BCUT2D eigenvalue weighted by Crippen LogP contribution is 2.37. The van der Waals surface area contributed by atoms with Crippen LogP contribution in [0.15, 0.2) is 36.4 Å². The number of carbonyl (C=O) groups is 2. The zero-order chi connectivity index (χ0) is 14.1. The molecule has 4 heteroatoms. The first-order chi connectivity index (χ1) is 9.72. The van der Waals surface area contributed by atoms with Crippen LogP contribution in [0.4, 0.5) is 5.69 Å². The number of carbonyl (C=O) groups excluding carboxylic acids is 2. The Balaban J connectivity index is 1.92. The topological polar surface area (TPSA) is 49.4 Å². The van der Waals surface area contributed by atoms with Gasteiger partial charge in [0.15, 0.2) is 0 Å². The molecule has 1 aliphatic heterocycles. The maximum absolute atomic E-state index is 12.5. The van der Waals surface area contributed by atoms with Crippen molar-refractivity contribution >= 4 is 17.5 Å². The molecular weight excluding hydrogens is 252 g/mol. The normalized spacial score (nSPS) is 25.1. The molecular formula is C16H18N2O2. The lowest BCUT2D eigenvalue weighted by Gasteiger charge is -2.15. The summed E-state index contributed by atoms with van der Waals surface area (Å²) in [5, 5.41) is 3.08. The Hall–Kier alpha value is -1.94. The highest BCUT2D eigenvalue weighted by Gasteiger charge is 2.47. The SMILES string of the molecule is CNCc1cccc(N2C(=O)[C@H]3CC=CC[C@H]3C2=O)c1. The summed E-state index contributed by atoms with van der Waals surface area (Å²) in [7, 11) is 1.87. The number of imide groups is 1. The zero-order valence-electron chi connectivity index (χ0n) is 11.5. The Kier molecular flexibility index (Phi) is 3.40. The molecule has 1 aromatic rings. The Morgan fingerprint density at radius 3 is 2.40 bits per heavy atom. The van der Waals surface area contributed by atoms with E-state index in [4.69, 9.17) is 0 Å². The molecule has 20 heavy (non-hydrogen) atoms. The lowest BCUT2D eigenvalue weighted by molar-refractivity contribution is -0.122.